The first-order valence-electron chi connectivity index (χ1n) is 9.23. The van der Waals surface area contributed by atoms with E-state index in [0.29, 0.717) is 6.04 Å². The third-order valence-corrected chi connectivity index (χ3v) is 5.55. The summed E-state index contributed by atoms with van der Waals surface area (Å²) in [7, 11) is 0. The van der Waals surface area contributed by atoms with Crippen molar-refractivity contribution in [3.8, 4) is 0 Å². The zero-order chi connectivity index (χ0) is 16.6. The average Bonchev–Trinajstić information content (AvgIpc) is 3.04. The van der Waals surface area contributed by atoms with E-state index in [1.54, 1.807) is 0 Å². The molecule has 1 amide bonds. The summed E-state index contributed by atoms with van der Waals surface area (Å²) in [4.78, 5) is 12.0. The summed E-state index contributed by atoms with van der Waals surface area (Å²) in [6.07, 6.45) is 6.19. The predicted octanol–water partition coefficient (Wildman–Crippen LogP) is 2.84. The Hall–Kier alpha value is -0.810. The topological polar surface area (TPSA) is 59.6 Å². The van der Waals surface area contributed by atoms with Crippen molar-refractivity contribution < 1.29 is 14.3 Å². The lowest BCUT2D eigenvalue weighted by atomic mass is 9.81. The van der Waals surface area contributed by atoms with Crippen LogP contribution in [-0.4, -0.2) is 42.5 Å². The molecule has 0 heterocycles. The van der Waals surface area contributed by atoms with Gasteiger partial charge in [0.15, 0.2) is 0 Å². The highest BCUT2D eigenvalue weighted by Crippen LogP contribution is 2.45. The van der Waals surface area contributed by atoms with Crippen LogP contribution in [0.4, 0.5) is 4.79 Å². The SMILES string of the molecule is CCOC1CC(NC(=O)OC(C)(C)C)C1NC1CC2CCC1C2. The average molecular weight is 324 g/mol. The Balaban J connectivity index is 1.54. The second-order valence-corrected chi connectivity index (χ2v) is 8.46. The Morgan fingerprint density at radius 2 is 1.91 bits per heavy atom. The van der Waals surface area contributed by atoms with E-state index in [2.05, 4.69) is 10.6 Å². The van der Waals surface area contributed by atoms with E-state index in [9.17, 15) is 4.79 Å². The molecule has 6 unspecified atom stereocenters. The van der Waals surface area contributed by atoms with Crippen molar-refractivity contribution >= 4 is 6.09 Å². The first kappa shape index (κ1) is 17.0. The van der Waals surface area contributed by atoms with Crippen molar-refractivity contribution in [3.63, 3.8) is 0 Å². The van der Waals surface area contributed by atoms with Crippen molar-refractivity contribution in [1.82, 2.24) is 10.6 Å². The van der Waals surface area contributed by atoms with Crippen LogP contribution < -0.4 is 10.6 Å². The number of nitrogens with one attached hydrogen (secondary N) is 2. The van der Waals surface area contributed by atoms with E-state index >= 15 is 0 Å². The van der Waals surface area contributed by atoms with Gasteiger partial charge in [-0.25, -0.2) is 4.79 Å². The quantitative estimate of drug-likeness (QED) is 0.816. The van der Waals surface area contributed by atoms with Gasteiger partial charge in [-0.2, -0.15) is 0 Å². The molecule has 0 aromatic rings. The van der Waals surface area contributed by atoms with Gasteiger partial charge in [0.05, 0.1) is 18.2 Å². The molecule has 0 saturated heterocycles. The van der Waals surface area contributed by atoms with Gasteiger partial charge in [0.2, 0.25) is 0 Å². The molecule has 2 bridgehead atoms. The molecule has 3 rings (SSSR count). The van der Waals surface area contributed by atoms with Crippen LogP contribution in [-0.2, 0) is 9.47 Å². The molecule has 3 aliphatic rings. The molecular formula is C18H32N2O3. The van der Waals surface area contributed by atoms with Gasteiger partial charge >= 0.3 is 6.09 Å². The third kappa shape index (κ3) is 4.00. The van der Waals surface area contributed by atoms with Crippen LogP contribution in [0.1, 0.15) is 59.8 Å². The lowest BCUT2D eigenvalue weighted by Gasteiger charge is -2.47. The molecule has 0 aliphatic heterocycles. The van der Waals surface area contributed by atoms with Gasteiger partial charge in [-0.15, -0.1) is 0 Å². The molecule has 0 aromatic heterocycles. The number of ether oxygens (including phenoxy) is 2. The van der Waals surface area contributed by atoms with Gasteiger partial charge in [-0.1, -0.05) is 6.42 Å². The highest BCUT2D eigenvalue weighted by atomic mass is 16.6. The molecular weight excluding hydrogens is 292 g/mol. The molecule has 2 N–H and O–H groups in total. The van der Waals surface area contributed by atoms with Gasteiger partial charge < -0.3 is 20.1 Å². The molecule has 132 valence electrons. The van der Waals surface area contributed by atoms with E-state index in [-0.39, 0.29) is 24.3 Å². The molecule has 23 heavy (non-hydrogen) atoms. The molecule has 6 atom stereocenters. The number of hydrogen-bond donors (Lipinski definition) is 2. The molecule has 3 saturated carbocycles. The molecule has 0 radical (unpaired) electrons. The zero-order valence-electron chi connectivity index (χ0n) is 14.9. The van der Waals surface area contributed by atoms with Gasteiger partial charge in [0, 0.05) is 12.6 Å². The molecule has 0 spiro atoms. The van der Waals surface area contributed by atoms with Crippen LogP contribution in [0.3, 0.4) is 0 Å². The lowest BCUT2D eigenvalue weighted by Crippen LogP contribution is -2.68. The maximum Gasteiger partial charge on any atom is 0.407 e. The maximum atomic E-state index is 12.0. The summed E-state index contributed by atoms with van der Waals surface area (Å²) >= 11 is 0. The first-order valence-corrected chi connectivity index (χ1v) is 9.23. The van der Waals surface area contributed by atoms with Crippen molar-refractivity contribution in [2.45, 2.75) is 89.6 Å². The highest BCUT2D eigenvalue weighted by molar-refractivity contribution is 5.68. The Kier molecular flexibility index (Phi) is 4.88. The summed E-state index contributed by atoms with van der Waals surface area (Å²) in [6, 6.07) is 0.928. The number of fused-ring (bicyclic) bond motifs is 2. The van der Waals surface area contributed by atoms with Crippen molar-refractivity contribution in [2.75, 3.05) is 6.61 Å². The maximum absolute atomic E-state index is 12.0. The van der Waals surface area contributed by atoms with Gasteiger partial charge in [-0.3, -0.25) is 0 Å². The zero-order valence-corrected chi connectivity index (χ0v) is 14.9. The molecule has 5 heteroatoms. The smallest absolute Gasteiger partial charge is 0.407 e. The highest BCUT2D eigenvalue weighted by Gasteiger charge is 2.47. The molecule has 3 aliphatic carbocycles. The molecule has 0 aromatic carbocycles. The second-order valence-electron chi connectivity index (χ2n) is 8.46. The number of rotatable bonds is 5. The van der Waals surface area contributed by atoms with Crippen LogP contribution in [0.25, 0.3) is 0 Å². The Morgan fingerprint density at radius 1 is 1.13 bits per heavy atom. The Morgan fingerprint density at radius 3 is 2.48 bits per heavy atom. The van der Waals surface area contributed by atoms with E-state index in [1.165, 1.54) is 25.7 Å². The van der Waals surface area contributed by atoms with Crippen LogP contribution in [0.2, 0.25) is 0 Å². The van der Waals surface area contributed by atoms with E-state index < -0.39 is 5.60 Å². The predicted molar refractivity (Wildman–Crippen MR) is 89.3 cm³/mol. The van der Waals surface area contributed by atoms with Gasteiger partial charge in [0.25, 0.3) is 0 Å². The standard InChI is InChI=1S/C18H32N2O3/c1-5-22-15-10-14(20-17(21)23-18(2,3)4)16(15)19-13-9-11-6-7-12(13)8-11/h11-16,19H,5-10H2,1-4H3,(H,20,21). The van der Waals surface area contributed by atoms with Crippen LogP contribution in [0, 0.1) is 11.8 Å². The normalized spacial score (nSPS) is 39.1. The van der Waals surface area contributed by atoms with Gasteiger partial charge in [-0.05, 0) is 65.2 Å². The fraction of sp³-hybridized carbons (Fsp3) is 0.944. The number of hydrogen-bond acceptors (Lipinski definition) is 4. The van der Waals surface area contributed by atoms with Crippen LogP contribution in [0.5, 0.6) is 0 Å². The number of carbonyl (C=O) groups excluding carboxylic acids is 1. The fourth-order valence-electron chi connectivity index (χ4n) is 4.52. The summed E-state index contributed by atoms with van der Waals surface area (Å²) < 4.78 is 11.2. The molecule has 5 nitrogen and oxygen atoms in total. The largest absolute Gasteiger partial charge is 0.444 e. The summed E-state index contributed by atoms with van der Waals surface area (Å²) in [5.74, 6) is 1.74. The summed E-state index contributed by atoms with van der Waals surface area (Å²) in [5, 5.41) is 6.83. The second kappa shape index (κ2) is 6.60. The Labute approximate surface area is 139 Å². The lowest BCUT2D eigenvalue weighted by molar-refractivity contribution is -0.0485. The summed E-state index contributed by atoms with van der Waals surface area (Å²) in [6.45, 7) is 8.42. The first-order chi connectivity index (χ1) is 10.9. The minimum atomic E-state index is -0.458. The minimum absolute atomic E-state index is 0.112. The number of amides is 1. The van der Waals surface area contributed by atoms with Crippen molar-refractivity contribution in [2.24, 2.45) is 11.8 Å². The van der Waals surface area contributed by atoms with Crippen LogP contribution >= 0.6 is 0 Å². The third-order valence-electron chi connectivity index (χ3n) is 5.55. The fourth-order valence-corrected chi connectivity index (χ4v) is 4.52. The number of carbonyl (C=O) groups is 1. The number of alkyl carbamates (subject to hydrolysis) is 1. The van der Waals surface area contributed by atoms with Crippen molar-refractivity contribution in [3.05, 3.63) is 0 Å². The van der Waals surface area contributed by atoms with E-state index in [4.69, 9.17) is 9.47 Å². The molecule has 3 fully saturated rings. The van der Waals surface area contributed by atoms with Crippen molar-refractivity contribution in [1.29, 1.82) is 0 Å². The summed E-state index contributed by atoms with van der Waals surface area (Å²) in [5.41, 5.74) is -0.458. The monoisotopic (exact) mass is 324 g/mol. The minimum Gasteiger partial charge on any atom is -0.444 e. The van der Waals surface area contributed by atoms with Crippen LogP contribution in [0.15, 0.2) is 0 Å². The van der Waals surface area contributed by atoms with E-state index in [0.717, 1.165) is 24.9 Å². The van der Waals surface area contributed by atoms with Gasteiger partial charge in [0.1, 0.15) is 5.60 Å². The Bertz CT molecular complexity index is 434. The van der Waals surface area contributed by atoms with E-state index in [1.807, 2.05) is 27.7 Å².